The van der Waals surface area contributed by atoms with Crippen LogP contribution < -0.4 is 9.46 Å². The molecule has 0 aliphatic heterocycles. The van der Waals surface area contributed by atoms with Crippen LogP contribution in [0.4, 0.5) is 5.69 Å². The monoisotopic (exact) mass is 311 g/mol. The molecule has 0 saturated heterocycles. The number of anilines is 1. The average Bonchev–Trinajstić information content (AvgIpc) is 2.78. The first-order valence-electron chi connectivity index (χ1n) is 6.23. The number of nitrogens with one attached hydrogen (secondary N) is 1. The summed E-state index contributed by atoms with van der Waals surface area (Å²) in [4.78, 5) is 0.956. The van der Waals surface area contributed by atoms with Crippen molar-refractivity contribution < 1.29 is 13.2 Å². The third kappa shape index (κ3) is 3.52. The van der Waals surface area contributed by atoms with Crippen LogP contribution in [0.15, 0.2) is 40.6 Å². The molecule has 0 fully saturated rings. The number of sulfonamides is 1. The summed E-state index contributed by atoms with van der Waals surface area (Å²) >= 11 is 1.24. The first-order chi connectivity index (χ1) is 9.38. The van der Waals surface area contributed by atoms with Crippen molar-refractivity contribution in [3.63, 3.8) is 0 Å². The van der Waals surface area contributed by atoms with Gasteiger partial charge in [-0.1, -0.05) is 12.1 Å². The second-order valence-corrected chi connectivity index (χ2v) is 7.83. The van der Waals surface area contributed by atoms with Gasteiger partial charge in [0.1, 0.15) is 9.96 Å². The molecule has 0 atom stereocenters. The zero-order valence-electron chi connectivity index (χ0n) is 11.6. The maximum Gasteiger partial charge on any atom is 0.271 e. The Bertz CT molecular complexity index is 690. The van der Waals surface area contributed by atoms with E-state index in [1.54, 1.807) is 30.3 Å². The number of hydrogen-bond donors (Lipinski definition) is 1. The smallest absolute Gasteiger partial charge is 0.271 e. The molecule has 108 valence electrons. The largest absolute Gasteiger partial charge is 0.489 e. The Kier molecular flexibility index (Phi) is 4.35. The third-order valence-corrected chi connectivity index (χ3v) is 5.33. The highest BCUT2D eigenvalue weighted by atomic mass is 32.2. The summed E-state index contributed by atoms with van der Waals surface area (Å²) in [6.45, 7) is 5.67. The van der Waals surface area contributed by atoms with Crippen molar-refractivity contribution in [3.8, 4) is 5.75 Å². The van der Waals surface area contributed by atoms with Crippen LogP contribution >= 0.6 is 11.3 Å². The van der Waals surface area contributed by atoms with E-state index in [2.05, 4.69) is 4.72 Å². The molecule has 0 unspecified atom stereocenters. The highest BCUT2D eigenvalue weighted by molar-refractivity contribution is 7.94. The summed E-state index contributed by atoms with van der Waals surface area (Å²) in [5, 5.41) is 0. The van der Waals surface area contributed by atoms with Gasteiger partial charge in [0.2, 0.25) is 0 Å². The number of hydrogen-bond acceptors (Lipinski definition) is 4. The van der Waals surface area contributed by atoms with Crippen LogP contribution in [-0.2, 0) is 10.0 Å². The highest BCUT2D eigenvalue weighted by Gasteiger charge is 2.18. The van der Waals surface area contributed by atoms with Crippen LogP contribution in [0.25, 0.3) is 0 Å². The SMILES string of the molecule is Cc1ccc(S(=O)(=O)Nc2ccccc2OC(C)C)s1. The van der Waals surface area contributed by atoms with Gasteiger partial charge in [-0.05, 0) is 45.0 Å². The second kappa shape index (κ2) is 5.85. The fraction of sp³-hybridized carbons (Fsp3) is 0.286. The number of rotatable bonds is 5. The van der Waals surface area contributed by atoms with E-state index in [1.165, 1.54) is 11.3 Å². The predicted molar refractivity (Wildman–Crippen MR) is 82.1 cm³/mol. The molecular weight excluding hydrogens is 294 g/mol. The summed E-state index contributed by atoms with van der Waals surface area (Å²) in [6.07, 6.45) is -0.0235. The van der Waals surface area contributed by atoms with Crippen molar-refractivity contribution in [1.82, 2.24) is 0 Å². The van der Waals surface area contributed by atoms with E-state index in [1.807, 2.05) is 26.8 Å². The first-order valence-corrected chi connectivity index (χ1v) is 8.53. The molecule has 2 rings (SSSR count). The minimum absolute atomic E-state index is 0.0235. The maximum absolute atomic E-state index is 12.3. The van der Waals surface area contributed by atoms with Crippen molar-refractivity contribution in [2.75, 3.05) is 4.72 Å². The number of para-hydroxylation sites is 2. The second-order valence-electron chi connectivity index (χ2n) is 4.63. The Morgan fingerprint density at radius 1 is 1.15 bits per heavy atom. The number of benzene rings is 1. The maximum atomic E-state index is 12.3. The molecule has 20 heavy (non-hydrogen) atoms. The van der Waals surface area contributed by atoms with Gasteiger partial charge in [0.05, 0.1) is 11.8 Å². The highest BCUT2D eigenvalue weighted by Crippen LogP contribution is 2.29. The summed E-state index contributed by atoms with van der Waals surface area (Å²) in [5.74, 6) is 0.527. The van der Waals surface area contributed by atoms with Gasteiger partial charge in [-0.2, -0.15) is 0 Å². The van der Waals surface area contributed by atoms with E-state index in [0.717, 1.165) is 4.88 Å². The molecule has 0 amide bonds. The minimum atomic E-state index is -3.56. The summed E-state index contributed by atoms with van der Waals surface area (Å²) in [5.41, 5.74) is 0.451. The topological polar surface area (TPSA) is 55.4 Å². The van der Waals surface area contributed by atoms with Crippen molar-refractivity contribution in [1.29, 1.82) is 0 Å². The lowest BCUT2D eigenvalue weighted by atomic mass is 10.3. The Labute approximate surface area is 123 Å². The lowest BCUT2D eigenvalue weighted by molar-refractivity contribution is 0.244. The fourth-order valence-electron chi connectivity index (χ4n) is 1.66. The van der Waals surface area contributed by atoms with Crippen molar-refractivity contribution in [2.24, 2.45) is 0 Å². The summed E-state index contributed by atoms with van der Waals surface area (Å²) < 4.78 is 33.1. The Morgan fingerprint density at radius 2 is 1.85 bits per heavy atom. The molecule has 0 bridgehead atoms. The van der Waals surface area contributed by atoms with Crippen LogP contribution in [0.3, 0.4) is 0 Å². The summed E-state index contributed by atoms with van der Waals surface area (Å²) in [6, 6.07) is 10.4. The Morgan fingerprint density at radius 3 is 2.45 bits per heavy atom. The number of thiophene rings is 1. The van der Waals surface area contributed by atoms with Gasteiger partial charge in [-0.25, -0.2) is 8.42 Å². The molecule has 0 spiro atoms. The molecule has 1 heterocycles. The van der Waals surface area contributed by atoms with Gasteiger partial charge < -0.3 is 4.74 Å². The van der Waals surface area contributed by atoms with Crippen LogP contribution in [0.1, 0.15) is 18.7 Å². The van der Waals surface area contributed by atoms with Gasteiger partial charge in [0.25, 0.3) is 10.0 Å². The molecule has 1 N–H and O–H groups in total. The molecule has 2 aromatic rings. The van der Waals surface area contributed by atoms with Crippen LogP contribution in [0, 0.1) is 6.92 Å². The standard InChI is InChI=1S/C14H17NO3S2/c1-10(2)18-13-7-5-4-6-12(13)15-20(16,17)14-9-8-11(3)19-14/h4-10,15H,1-3H3. The molecule has 1 aromatic carbocycles. The van der Waals surface area contributed by atoms with Gasteiger partial charge in [0, 0.05) is 4.88 Å². The summed E-state index contributed by atoms with van der Waals surface area (Å²) in [7, 11) is -3.56. The molecule has 6 heteroatoms. The Balaban J connectivity index is 2.30. The van der Waals surface area contributed by atoms with Crippen LogP contribution in [0.2, 0.25) is 0 Å². The third-order valence-electron chi connectivity index (χ3n) is 2.47. The zero-order valence-corrected chi connectivity index (χ0v) is 13.2. The van der Waals surface area contributed by atoms with Crippen molar-refractivity contribution in [3.05, 3.63) is 41.3 Å². The van der Waals surface area contributed by atoms with E-state index < -0.39 is 10.0 Å². The predicted octanol–water partition coefficient (Wildman–Crippen LogP) is 3.64. The van der Waals surface area contributed by atoms with Gasteiger partial charge in [0.15, 0.2) is 0 Å². The first kappa shape index (κ1) is 14.9. The van der Waals surface area contributed by atoms with Crippen molar-refractivity contribution in [2.45, 2.75) is 31.1 Å². The zero-order chi connectivity index (χ0) is 14.8. The fourth-order valence-corrected chi connectivity index (χ4v) is 4.01. The van der Waals surface area contributed by atoms with E-state index in [0.29, 0.717) is 15.6 Å². The van der Waals surface area contributed by atoms with E-state index in [9.17, 15) is 8.42 Å². The normalized spacial score (nSPS) is 11.6. The number of aryl methyl sites for hydroxylation is 1. The van der Waals surface area contributed by atoms with Crippen LogP contribution in [0.5, 0.6) is 5.75 Å². The average molecular weight is 311 g/mol. The molecule has 1 aromatic heterocycles. The molecular formula is C14H17NO3S2. The lowest BCUT2D eigenvalue weighted by Crippen LogP contribution is -2.14. The molecule has 4 nitrogen and oxygen atoms in total. The van der Waals surface area contributed by atoms with Gasteiger partial charge in [-0.3, -0.25) is 4.72 Å². The number of ether oxygens (including phenoxy) is 1. The van der Waals surface area contributed by atoms with E-state index in [-0.39, 0.29) is 6.10 Å². The molecule has 0 aliphatic carbocycles. The van der Waals surface area contributed by atoms with Crippen LogP contribution in [-0.4, -0.2) is 14.5 Å². The Hall–Kier alpha value is -1.53. The quantitative estimate of drug-likeness (QED) is 0.917. The molecule has 0 aliphatic rings. The van der Waals surface area contributed by atoms with Gasteiger partial charge >= 0.3 is 0 Å². The minimum Gasteiger partial charge on any atom is -0.489 e. The van der Waals surface area contributed by atoms with Crippen molar-refractivity contribution >= 4 is 27.0 Å². The molecule has 0 saturated carbocycles. The lowest BCUT2D eigenvalue weighted by Gasteiger charge is -2.15. The molecule has 0 radical (unpaired) electrons. The van der Waals surface area contributed by atoms with E-state index in [4.69, 9.17) is 4.74 Å². The van der Waals surface area contributed by atoms with Gasteiger partial charge in [-0.15, -0.1) is 11.3 Å². The van der Waals surface area contributed by atoms with E-state index >= 15 is 0 Å².